The highest BCUT2D eigenvalue weighted by Gasteiger charge is 2.38. The Morgan fingerprint density at radius 3 is 2.83 bits per heavy atom. The van der Waals surface area contributed by atoms with Crippen LogP contribution in [-0.2, 0) is 5.54 Å². The van der Waals surface area contributed by atoms with Crippen LogP contribution in [0.5, 0.6) is 0 Å². The monoisotopic (exact) mass is 325 g/mol. The Morgan fingerprint density at radius 1 is 1.39 bits per heavy atom. The molecule has 18 heavy (non-hydrogen) atoms. The molecule has 0 amide bonds. The first-order valence-corrected chi connectivity index (χ1v) is 7.33. The van der Waals surface area contributed by atoms with Crippen LogP contribution in [0.2, 0.25) is 0 Å². The quantitative estimate of drug-likeness (QED) is 0.939. The molecule has 0 saturated heterocycles. The van der Waals surface area contributed by atoms with Crippen molar-refractivity contribution in [2.45, 2.75) is 24.8 Å². The van der Waals surface area contributed by atoms with Gasteiger partial charge < -0.3 is 10.3 Å². The lowest BCUT2D eigenvalue weighted by Crippen LogP contribution is -2.44. The third-order valence-electron chi connectivity index (χ3n) is 3.12. The molecule has 1 saturated carbocycles. The molecule has 0 aliphatic heterocycles. The van der Waals surface area contributed by atoms with Crippen molar-refractivity contribution < 1.29 is 4.52 Å². The van der Waals surface area contributed by atoms with Gasteiger partial charge in [-0.3, -0.25) is 0 Å². The standard InChI is InChI=1S/C12H12BrN3OS/c13-9-4-2-8(18-9)3-5-10-15-11(16-17-10)12(14)6-1-7-12/h2-5H,1,6-7,14H2/b5-3+. The summed E-state index contributed by atoms with van der Waals surface area (Å²) in [4.78, 5) is 5.46. The largest absolute Gasteiger partial charge is 0.335 e. The van der Waals surface area contributed by atoms with Gasteiger partial charge in [0, 0.05) is 11.0 Å². The Bertz CT molecular complexity index is 586. The van der Waals surface area contributed by atoms with Crippen LogP contribution >= 0.6 is 27.3 Å². The molecular weight excluding hydrogens is 314 g/mol. The summed E-state index contributed by atoms with van der Waals surface area (Å²) in [7, 11) is 0. The van der Waals surface area contributed by atoms with Gasteiger partial charge in [0.15, 0.2) is 5.82 Å². The normalized spacial score (nSPS) is 18.1. The zero-order valence-electron chi connectivity index (χ0n) is 9.60. The van der Waals surface area contributed by atoms with E-state index in [1.54, 1.807) is 11.3 Å². The molecule has 1 fully saturated rings. The highest BCUT2D eigenvalue weighted by atomic mass is 79.9. The fourth-order valence-corrected chi connectivity index (χ4v) is 3.18. The highest BCUT2D eigenvalue weighted by Crippen LogP contribution is 2.36. The minimum Gasteiger partial charge on any atom is -0.335 e. The van der Waals surface area contributed by atoms with E-state index >= 15 is 0 Å². The van der Waals surface area contributed by atoms with E-state index < -0.39 is 0 Å². The van der Waals surface area contributed by atoms with E-state index in [0.29, 0.717) is 11.7 Å². The van der Waals surface area contributed by atoms with Crippen LogP contribution in [-0.4, -0.2) is 10.1 Å². The van der Waals surface area contributed by atoms with Gasteiger partial charge in [0.25, 0.3) is 5.89 Å². The number of thiophene rings is 1. The first kappa shape index (κ1) is 12.1. The molecular formula is C12H12BrN3OS. The second kappa shape index (κ2) is 4.60. The molecule has 94 valence electrons. The fraction of sp³-hybridized carbons (Fsp3) is 0.333. The molecule has 2 heterocycles. The summed E-state index contributed by atoms with van der Waals surface area (Å²) in [6, 6.07) is 4.03. The van der Waals surface area contributed by atoms with E-state index in [2.05, 4.69) is 26.1 Å². The molecule has 0 aromatic carbocycles. The van der Waals surface area contributed by atoms with Gasteiger partial charge in [-0.15, -0.1) is 11.3 Å². The Balaban J connectivity index is 1.75. The van der Waals surface area contributed by atoms with Gasteiger partial charge in [0.05, 0.1) is 9.33 Å². The molecule has 0 atom stereocenters. The summed E-state index contributed by atoms with van der Waals surface area (Å²) >= 11 is 5.07. The average molecular weight is 326 g/mol. The molecule has 2 aromatic heterocycles. The summed E-state index contributed by atoms with van der Waals surface area (Å²) in [5, 5.41) is 3.96. The van der Waals surface area contributed by atoms with E-state index in [4.69, 9.17) is 10.3 Å². The number of hydrogen-bond donors (Lipinski definition) is 1. The molecule has 4 nitrogen and oxygen atoms in total. The second-order valence-corrected chi connectivity index (χ2v) is 6.94. The number of hydrogen-bond acceptors (Lipinski definition) is 5. The van der Waals surface area contributed by atoms with E-state index in [1.165, 1.54) is 0 Å². The Kier molecular flexibility index (Phi) is 3.09. The maximum atomic E-state index is 6.13. The van der Waals surface area contributed by atoms with E-state index in [9.17, 15) is 0 Å². The average Bonchev–Trinajstić information content (AvgIpc) is 2.92. The minimum atomic E-state index is -0.360. The molecule has 0 spiro atoms. The van der Waals surface area contributed by atoms with Gasteiger partial charge >= 0.3 is 0 Å². The molecule has 0 radical (unpaired) electrons. The summed E-state index contributed by atoms with van der Waals surface area (Å²) in [6.07, 6.45) is 6.79. The number of rotatable bonds is 3. The van der Waals surface area contributed by atoms with Gasteiger partial charge in [0.2, 0.25) is 0 Å². The minimum absolute atomic E-state index is 0.360. The number of nitrogens with two attached hydrogens (primary N) is 1. The van der Waals surface area contributed by atoms with Crippen molar-refractivity contribution in [3.05, 3.63) is 32.5 Å². The van der Waals surface area contributed by atoms with Crippen LogP contribution < -0.4 is 5.73 Å². The number of aromatic nitrogens is 2. The Morgan fingerprint density at radius 2 is 2.22 bits per heavy atom. The zero-order chi connectivity index (χ0) is 12.6. The smallest absolute Gasteiger partial charge is 0.250 e. The van der Waals surface area contributed by atoms with Crippen LogP contribution in [0.15, 0.2) is 20.4 Å². The van der Waals surface area contributed by atoms with Crippen LogP contribution in [0.1, 0.15) is 35.9 Å². The Hall–Kier alpha value is -0.980. The zero-order valence-corrected chi connectivity index (χ0v) is 12.0. The maximum absolute atomic E-state index is 6.13. The summed E-state index contributed by atoms with van der Waals surface area (Å²) < 4.78 is 6.28. The molecule has 1 aliphatic carbocycles. The first-order chi connectivity index (χ1) is 8.66. The predicted octanol–water partition coefficient (Wildman–Crippen LogP) is 3.40. The number of nitrogens with zero attached hydrogens (tertiary/aromatic N) is 2. The van der Waals surface area contributed by atoms with Crippen molar-refractivity contribution in [3.8, 4) is 0 Å². The molecule has 0 unspecified atom stereocenters. The lowest BCUT2D eigenvalue weighted by molar-refractivity contribution is 0.229. The van der Waals surface area contributed by atoms with Crippen molar-refractivity contribution in [3.63, 3.8) is 0 Å². The van der Waals surface area contributed by atoms with Crippen molar-refractivity contribution in [1.82, 2.24) is 10.1 Å². The first-order valence-electron chi connectivity index (χ1n) is 5.72. The summed E-state index contributed by atoms with van der Waals surface area (Å²) in [5.41, 5.74) is 5.78. The fourth-order valence-electron chi connectivity index (χ4n) is 1.86. The van der Waals surface area contributed by atoms with Crippen LogP contribution in [0.3, 0.4) is 0 Å². The molecule has 0 bridgehead atoms. The van der Waals surface area contributed by atoms with Crippen molar-refractivity contribution in [2.24, 2.45) is 5.73 Å². The molecule has 1 aliphatic rings. The molecule has 3 rings (SSSR count). The lowest BCUT2D eigenvalue weighted by atomic mass is 9.77. The number of halogens is 1. The maximum Gasteiger partial charge on any atom is 0.250 e. The van der Waals surface area contributed by atoms with Gasteiger partial charge in [-0.2, -0.15) is 4.98 Å². The summed E-state index contributed by atoms with van der Waals surface area (Å²) in [6.45, 7) is 0. The SMILES string of the molecule is NC1(c2noc(/C=C/c3ccc(Br)s3)n2)CCC1. The third-order valence-corrected chi connectivity index (χ3v) is 4.71. The van der Waals surface area contributed by atoms with Gasteiger partial charge in [0.1, 0.15) is 0 Å². The Labute approximate surface area is 117 Å². The molecule has 2 aromatic rings. The van der Waals surface area contributed by atoms with Gasteiger partial charge in [-0.05, 0) is 53.4 Å². The van der Waals surface area contributed by atoms with Crippen molar-refractivity contribution in [2.75, 3.05) is 0 Å². The summed E-state index contributed by atoms with van der Waals surface area (Å²) in [5.74, 6) is 1.13. The van der Waals surface area contributed by atoms with E-state index in [0.717, 1.165) is 27.9 Å². The molecule has 2 N–H and O–H groups in total. The van der Waals surface area contributed by atoms with E-state index in [-0.39, 0.29) is 5.54 Å². The molecule has 6 heteroatoms. The van der Waals surface area contributed by atoms with Gasteiger partial charge in [-0.1, -0.05) is 5.16 Å². The van der Waals surface area contributed by atoms with Gasteiger partial charge in [-0.25, -0.2) is 0 Å². The van der Waals surface area contributed by atoms with Crippen LogP contribution in [0.4, 0.5) is 0 Å². The van der Waals surface area contributed by atoms with Crippen LogP contribution in [0.25, 0.3) is 12.2 Å². The predicted molar refractivity (Wildman–Crippen MR) is 75.0 cm³/mol. The lowest BCUT2D eigenvalue weighted by Gasteiger charge is -2.34. The third kappa shape index (κ3) is 2.28. The van der Waals surface area contributed by atoms with Crippen molar-refractivity contribution >= 4 is 39.4 Å². The van der Waals surface area contributed by atoms with Crippen LogP contribution in [0, 0.1) is 0 Å². The highest BCUT2D eigenvalue weighted by molar-refractivity contribution is 9.11. The van der Waals surface area contributed by atoms with E-state index in [1.807, 2.05) is 24.3 Å². The second-order valence-electron chi connectivity index (χ2n) is 4.44. The van der Waals surface area contributed by atoms with Crippen molar-refractivity contribution in [1.29, 1.82) is 0 Å². The topological polar surface area (TPSA) is 64.9 Å².